The Kier molecular flexibility index (Phi) is 6.31. The number of amides is 1. The molecule has 0 radical (unpaired) electrons. The third-order valence-corrected chi connectivity index (χ3v) is 5.29. The van der Waals surface area contributed by atoms with Crippen molar-refractivity contribution in [1.82, 2.24) is 9.97 Å². The molecule has 1 fully saturated rings. The number of aryl methyl sites for hydroxylation is 2. The van der Waals surface area contributed by atoms with Gasteiger partial charge in [0.05, 0.1) is 5.69 Å². The largest absolute Gasteiger partial charge is 0.467 e. The highest BCUT2D eigenvalue weighted by molar-refractivity contribution is 9.10. The van der Waals surface area contributed by atoms with E-state index in [0.29, 0.717) is 11.8 Å². The average molecular weight is 433 g/mol. The number of hydrogen-bond acceptors (Lipinski definition) is 5. The van der Waals surface area contributed by atoms with E-state index in [4.69, 9.17) is 4.74 Å². The van der Waals surface area contributed by atoms with E-state index >= 15 is 0 Å². The lowest BCUT2D eigenvalue weighted by molar-refractivity contribution is -0.118. The van der Waals surface area contributed by atoms with E-state index in [0.717, 1.165) is 53.3 Å². The van der Waals surface area contributed by atoms with Gasteiger partial charge < -0.3 is 15.0 Å². The van der Waals surface area contributed by atoms with Crippen molar-refractivity contribution in [3.63, 3.8) is 0 Å². The SMILES string of the molecule is Cc1ccc(NC(=O)COc2cc(C)nc(N3CCC(C)CC3)n2)c(Br)c1. The number of anilines is 2. The highest BCUT2D eigenvalue weighted by Crippen LogP contribution is 2.24. The number of rotatable bonds is 5. The monoisotopic (exact) mass is 432 g/mol. The fourth-order valence-electron chi connectivity index (χ4n) is 3.00. The molecule has 6 nitrogen and oxygen atoms in total. The Morgan fingerprint density at radius 1 is 1.26 bits per heavy atom. The second kappa shape index (κ2) is 8.69. The van der Waals surface area contributed by atoms with Gasteiger partial charge in [-0.15, -0.1) is 0 Å². The van der Waals surface area contributed by atoms with Crippen LogP contribution in [0.25, 0.3) is 0 Å². The average Bonchev–Trinajstić information content (AvgIpc) is 2.62. The van der Waals surface area contributed by atoms with E-state index in [9.17, 15) is 4.79 Å². The molecule has 1 saturated heterocycles. The fourth-order valence-corrected chi connectivity index (χ4v) is 3.59. The molecule has 3 rings (SSSR count). The highest BCUT2D eigenvalue weighted by atomic mass is 79.9. The predicted molar refractivity (Wildman–Crippen MR) is 110 cm³/mol. The smallest absolute Gasteiger partial charge is 0.262 e. The van der Waals surface area contributed by atoms with Crippen molar-refractivity contribution < 1.29 is 9.53 Å². The predicted octanol–water partition coefficient (Wildman–Crippen LogP) is 4.11. The number of hydrogen-bond donors (Lipinski definition) is 1. The quantitative estimate of drug-likeness (QED) is 0.769. The Morgan fingerprint density at radius 3 is 2.70 bits per heavy atom. The molecule has 0 saturated carbocycles. The zero-order chi connectivity index (χ0) is 19.4. The van der Waals surface area contributed by atoms with Crippen LogP contribution in [0.4, 0.5) is 11.6 Å². The number of carbonyl (C=O) groups excluding carboxylic acids is 1. The molecule has 0 spiro atoms. The van der Waals surface area contributed by atoms with E-state index in [1.807, 2.05) is 32.0 Å². The van der Waals surface area contributed by atoms with Crippen LogP contribution in [0.5, 0.6) is 5.88 Å². The van der Waals surface area contributed by atoms with E-state index in [1.165, 1.54) is 0 Å². The fraction of sp³-hybridized carbons (Fsp3) is 0.450. The van der Waals surface area contributed by atoms with Crippen LogP contribution in [-0.4, -0.2) is 35.6 Å². The molecule has 0 atom stereocenters. The van der Waals surface area contributed by atoms with Gasteiger partial charge in [-0.1, -0.05) is 13.0 Å². The molecule has 1 aliphatic heterocycles. The van der Waals surface area contributed by atoms with Gasteiger partial charge in [0.1, 0.15) is 0 Å². The summed E-state index contributed by atoms with van der Waals surface area (Å²) in [5.74, 6) is 1.61. The molecule has 0 unspecified atom stereocenters. The summed E-state index contributed by atoms with van der Waals surface area (Å²) in [4.78, 5) is 23.4. The third-order valence-electron chi connectivity index (χ3n) is 4.64. The Labute approximate surface area is 168 Å². The Morgan fingerprint density at radius 2 is 2.00 bits per heavy atom. The Bertz CT molecular complexity index is 820. The molecule has 2 aromatic rings. The minimum atomic E-state index is -0.232. The van der Waals surface area contributed by atoms with Crippen LogP contribution in [0.3, 0.4) is 0 Å². The summed E-state index contributed by atoms with van der Waals surface area (Å²) in [5, 5.41) is 2.84. The highest BCUT2D eigenvalue weighted by Gasteiger charge is 2.19. The van der Waals surface area contributed by atoms with Crippen LogP contribution in [0, 0.1) is 19.8 Å². The summed E-state index contributed by atoms with van der Waals surface area (Å²) in [7, 11) is 0. The van der Waals surface area contributed by atoms with Gasteiger partial charge in [-0.25, -0.2) is 4.98 Å². The second-order valence-corrected chi connectivity index (χ2v) is 7.99. The van der Waals surface area contributed by atoms with Gasteiger partial charge in [0.2, 0.25) is 11.8 Å². The summed E-state index contributed by atoms with van der Waals surface area (Å²) in [5.41, 5.74) is 2.67. The van der Waals surface area contributed by atoms with Crippen molar-refractivity contribution in [2.24, 2.45) is 5.92 Å². The maximum Gasteiger partial charge on any atom is 0.262 e. The number of nitrogens with zero attached hydrogens (tertiary/aromatic N) is 3. The molecule has 0 aliphatic carbocycles. The Balaban J connectivity index is 1.61. The molecule has 1 N–H and O–H groups in total. The first-order valence-electron chi connectivity index (χ1n) is 9.20. The number of nitrogens with one attached hydrogen (secondary N) is 1. The molecule has 1 aromatic heterocycles. The van der Waals surface area contributed by atoms with Crippen LogP contribution in [-0.2, 0) is 4.79 Å². The number of halogens is 1. The molecular formula is C20H25BrN4O2. The normalized spacial score (nSPS) is 14.9. The van der Waals surface area contributed by atoms with E-state index < -0.39 is 0 Å². The number of carbonyl (C=O) groups is 1. The third kappa shape index (κ3) is 5.42. The summed E-state index contributed by atoms with van der Waals surface area (Å²) in [6.07, 6.45) is 2.28. The van der Waals surface area contributed by atoms with Crippen molar-refractivity contribution in [2.45, 2.75) is 33.6 Å². The summed E-state index contributed by atoms with van der Waals surface area (Å²) in [6.45, 7) is 7.98. The lowest BCUT2D eigenvalue weighted by atomic mass is 10.00. The molecule has 1 aliphatic rings. The number of aromatic nitrogens is 2. The molecule has 7 heteroatoms. The van der Waals surface area contributed by atoms with Crippen molar-refractivity contribution in [3.8, 4) is 5.88 Å². The Hall–Kier alpha value is -2.15. The van der Waals surface area contributed by atoms with E-state index in [1.54, 1.807) is 6.07 Å². The van der Waals surface area contributed by atoms with Gasteiger partial charge >= 0.3 is 0 Å². The van der Waals surface area contributed by atoms with Crippen molar-refractivity contribution in [2.75, 3.05) is 29.9 Å². The number of piperidine rings is 1. The molecular weight excluding hydrogens is 408 g/mol. The van der Waals surface area contributed by atoms with E-state index in [-0.39, 0.29) is 12.5 Å². The minimum Gasteiger partial charge on any atom is -0.467 e. The van der Waals surface area contributed by atoms with Gasteiger partial charge in [0, 0.05) is 29.3 Å². The minimum absolute atomic E-state index is 0.104. The zero-order valence-electron chi connectivity index (χ0n) is 16.0. The second-order valence-electron chi connectivity index (χ2n) is 7.14. The van der Waals surface area contributed by atoms with Crippen LogP contribution in [0.1, 0.15) is 31.0 Å². The first-order valence-corrected chi connectivity index (χ1v) is 9.99. The van der Waals surface area contributed by atoms with Gasteiger partial charge in [0.25, 0.3) is 5.91 Å². The molecule has 0 bridgehead atoms. The maximum atomic E-state index is 12.2. The summed E-state index contributed by atoms with van der Waals surface area (Å²) < 4.78 is 6.47. The molecule has 2 heterocycles. The maximum absolute atomic E-state index is 12.2. The van der Waals surface area contributed by atoms with Crippen LogP contribution >= 0.6 is 15.9 Å². The van der Waals surface area contributed by atoms with Crippen LogP contribution in [0.2, 0.25) is 0 Å². The lowest BCUT2D eigenvalue weighted by Crippen LogP contribution is -2.34. The summed E-state index contributed by atoms with van der Waals surface area (Å²) >= 11 is 3.46. The zero-order valence-corrected chi connectivity index (χ0v) is 17.5. The van der Waals surface area contributed by atoms with Crippen molar-refractivity contribution in [3.05, 3.63) is 40.0 Å². The number of ether oxygens (including phenoxy) is 1. The molecule has 1 aromatic carbocycles. The van der Waals surface area contributed by atoms with Crippen LogP contribution in [0.15, 0.2) is 28.7 Å². The van der Waals surface area contributed by atoms with Gasteiger partial charge in [-0.2, -0.15) is 4.98 Å². The van der Waals surface area contributed by atoms with Gasteiger partial charge in [-0.3, -0.25) is 4.79 Å². The lowest BCUT2D eigenvalue weighted by Gasteiger charge is -2.30. The van der Waals surface area contributed by atoms with Crippen molar-refractivity contribution in [1.29, 1.82) is 0 Å². The topological polar surface area (TPSA) is 67.3 Å². The summed E-state index contributed by atoms with van der Waals surface area (Å²) in [6, 6.07) is 7.52. The first-order chi connectivity index (χ1) is 12.9. The van der Waals surface area contributed by atoms with Crippen molar-refractivity contribution >= 4 is 33.5 Å². The first kappa shape index (κ1) is 19.6. The molecule has 144 valence electrons. The standard InChI is InChI=1S/C20H25BrN4O2/c1-13-6-8-25(9-7-13)20-22-15(3)11-19(24-20)27-12-18(26)23-17-5-4-14(2)10-16(17)21/h4-5,10-11,13H,6-9,12H2,1-3H3,(H,23,26). The molecule has 27 heavy (non-hydrogen) atoms. The number of benzene rings is 1. The van der Waals surface area contributed by atoms with Gasteiger partial charge in [0.15, 0.2) is 6.61 Å². The van der Waals surface area contributed by atoms with Gasteiger partial charge in [-0.05, 0) is 66.2 Å². The molecule has 1 amide bonds. The van der Waals surface area contributed by atoms with Crippen LogP contribution < -0.4 is 15.0 Å². The van der Waals surface area contributed by atoms with E-state index in [2.05, 4.69) is 43.0 Å².